The van der Waals surface area contributed by atoms with Gasteiger partial charge in [-0.1, -0.05) is 6.08 Å². The predicted molar refractivity (Wildman–Crippen MR) is 68.1 cm³/mol. The Balaban J connectivity index is 2.83. The second-order valence-electron chi connectivity index (χ2n) is 3.69. The Morgan fingerprint density at radius 1 is 1.71 bits per heavy atom. The lowest BCUT2D eigenvalue weighted by Gasteiger charge is -2.14. The molecule has 0 amide bonds. The summed E-state index contributed by atoms with van der Waals surface area (Å²) in [6.45, 7) is 7.82. The van der Waals surface area contributed by atoms with Gasteiger partial charge in [-0.25, -0.2) is 9.78 Å². The number of carbonyl (C=O) groups is 1. The molecule has 0 radical (unpaired) electrons. The number of rotatable bonds is 6. The van der Waals surface area contributed by atoms with E-state index in [1.807, 2.05) is 13.0 Å². The van der Waals surface area contributed by atoms with E-state index in [9.17, 15) is 4.79 Å². The van der Waals surface area contributed by atoms with Crippen molar-refractivity contribution in [3.05, 3.63) is 36.5 Å². The molecule has 1 atom stereocenters. The molecule has 0 fully saturated rings. The SMILES string of the molecule is C=CCC(C)Nc1ncccc1C(=O)OCC. The number of nitrogens with zero attached hydrogens (tertiary/aromatic N) is 1. The van der Waals surface area contributed by atoms with Crippen molar-refractivity contribution in [1.82, 2.24) is 4.98 Å². The van der Waals surface area contributed by atoms with Crippen molar-refractivity contribution in [1.29, 1.82) is 0 Å². The molecular weight excluding hydrogens is 216 g/mol. The van der Waals surface area contributed by atoms with E-state index in [0.29, 0.717) is 18.0 Å². The maximum absolute atomic E-state index is 11.7. The molecule has 0 bridgehead atoms. The second-order valence-corrected chi connectivity index (χ2v) is 3.69. The van der Waals surface area contributed by atoms with Crippen molar-refractivity contribution >= 4 is 11.8 Å². The van der Waals surface area contributed by atoms with Gasteiger partial charge in [0.1, 0.15) is 11.4 Å². The average molecular weight is 234 g/mol. The molecule has 0 saturated carbocycles. The highest BCUT2D eigenvalue weighted by Crippen LogP contribution is 2.14. The number of nitrogens with one attached hydrogen (secondary N) is 1. The van der Waals surface area contributed by atoms with Gasteiger partial charge in [-0.3, -0.25) is 0 Å². The van der Waals surface area contributed by atoms with Gasteiger partial charge in [0.25, 0.3) is 0 Å². The molecule has 0 aliphatic heterocycles. The number of anilines is 1. The Labute approximate surface area is 102 Å². The highest BCUT2D eigenvalue weighted by molar-refractivity contribution is 5.94. The number of esters is 1. The molecule has 0 aliphatic carbocycles. The first-order valence-corrected chi connectivity index (χ1v) is 5.68. The van der Waals surface area contributed by atoms with Crippen LogP contribution in [0.5, 0.6) is 0 Å². The summed E-state index contributed by atoms with van der Waals surface area (Å²) in [5.41, 5.74) is 0.463. The minimum atomic E-state index is -0.353. The van der Waals surface area contributed by atoms with Crippen LogP contribution in [0.1, 0.15) is 30.6 Å². The van der Waals surface area contributed by atoms with Crippen LogP contribution in [0.15, 0.2) is 31.0 Å². The lowest BCUT2D eigenvalue weighted by Crippen LogP contribution is -2.18. The molecule has 1 aromatic rings. The van der Waals surface area contributed by atoms with E-state index in [1.165, 1.54) is 0 Å². The van der Waals surface area contributed by atoms with Crippen LogP contribution in [0.25, 0.3) is 0 Å². The third kappa shape index (κ3) is 3.90. The molecule has 0 aliphatic rings. The molecule has 17 heavy (non-hydrogen) atoms. The van der Waals surface area contributed by atoms with Crippen LogP contribution < -0.4 is 5.32 Å². The minimum Gasteiger partial charge on any atom is -0.462 e. The van der Waals surface area contributed by atoms with E-state index in [1.54, 1.807) is 25.3 Å². The average Bonchev–Trinajstić information content (AvgIpc) is 2.30. The molecule has 92 valence electrons. The topological polar surface area (TPSA) is 51.2 Å². The highest BCUT2D eigenvalue weighted by Gasteiger charge is 2.14. The van der Waals surface area contributed by atoms with Crippen LogP contribution in [0.4, 0.5) is 5.82 Å². The van der Waals surface area contributed by atoms with E-state index in [2.05, 4.69) is 16.9 Å². The van der Waals surface area contributed by atoms with Crippen molar-refractivity contribution in [3.8, 4) is 0 Å². The monoisotopic (exact) mass is 234 g/mol. The largest absolute Gasteiger partial charge is 0.462 e. The summed E-state index contributed by atoms with van der Waals surface area (Å²) >= 11 is 0. The summed E-state index contributed by atoms with van der Waals surface area (Å²) in [5.74, 6) is 0.203. The van der Waals surface area contributed by atoms with Gasteiger partial charge in [-0.05, 0) is 32.4 Å². The Kier molecular flexibility index (Phi) is 5.20. The summed E-state index contributed by atoms with van der Waals surface area (Å²) in [6.07, 6.45) is 4.27. The van der Waals surface area contributed by atoms with E-state index < -0.39 is 0 Å². The van der Waals surface area contributed by atoms with Gasteiger partial charge in [0.15, 0.2) is 0 Å². The van der Waals surface area contributed by atoms with Gasteiger partial charge >= 0.3 is 5.97 Å². The zero-order valence-electron chi connectivity index (χ0n) is 10.3. The number of hydrogen-bond acceptors (Lipinski definition) is 4. The van der Waals surface area contributed by atoms with E-state index in [-0.39, 0.29) is 12.0 Å². The van der Waals surface area contributed by atoms with Gasteiger partial charge in [0, 0.05) is 12.2 Å². The van der Waals surface area contributed by atoms with Crippen LogP contribution in [0.3, 0.4) is 0 Å². The van der Waals surface area contributed by atoms with Crippen molar-refractivity contribution in [3.63, 3.8) is 0 Å². The Hall–Kier alpha value is -1.84. The number of carbonyl (C=O) groups excluding carboxylic acids is 1. The molecular formula is C13H18N2O2. The Bertz CT molecular complexity index is 391. The highest BCUT2D eigenvalue weighted by atomic mass is 16.5. The zero-order valence-corrected chi connectivity index (χ0v) is 10.3. The minimum absolute atomic E-state index is 0.176. The van der Waals surface area contributed by atoms with Crippen molar-refractivity contribution in [2.24, 2.45) is 0 Å². The normalized spacial score (nSPS) is 11.6. The van der Waals surface area contributed by atoms with E-state index in [4.69, 9.17) is 4.74 Å². The van der Waals surface area contributed by atoms with Gasteiger partial charge in [-0.15, -0.1) is 6.58 Å². The molecule has 4 heteroatoms. The predicted octanol–water partition coefficient (Wildman–Crippen LogP) is 2.63. The first kappa shape index (κ1) is 13.2. The molecule has 1 N–H and O–H groups in total. The fourth-order valence-corrected chi connectivity index (χ4v) is 1.44. The quantitative estimate of drug-likeness (QED) is 0.607. The summed E-state index contributed by atoms with van der Waals surface area (Å²) in [6, 6.07) is 3.60. The lowest BCUT2D eigenvalue weighted by atomic mass is 10.2. The Morgan fingerprint density at radius 2 is 2.47 bits per heavy atom. The van der Waals surface area contributed by atoms with Crippen molar-refractivity contribution < 1.29 is 9.53 Å². The molecule has 1 aromatic heterocycles. The van der Waals surface area contributed by atoms with Crippen LogP contribution in [-0.2, 0) is 4.74 Å². The second kappa shape index (κ2) is 6.68. The number of aromatic nitrogens is 1. The van der Waals surface area contributed by atoms with Gasteiger partial charge < -0.3 is 10.1 Å². The lowest BCUT2D eigenvalue weighted by molar-refractivity contribution is 0.0527. The van der Waals surface area contributed by atoms with Crippen molar-refractivity contribution in [2.75, 3.05) is 11.9 Å². The number of pyridine rings is 1. The third-order valence-electron chi connectivity index (χ3n) is 2.21. The molecule has 0 aromatic carbocycles. The molecule has 4 nitrogen and oxygen atoms in total. The molecule has 0 saturated heterocycles. The number of hydrogen-bond donors (Lipinski definition) is 1. The summed E-state index contributed by atoms with van der Waals surface area (Å²) < 4.78 is 4.97. The summed E-state index contributed by atoms with van der Waals surface area (Å²) in [7, 11) is 0. The van der Waals surface area contributed by atoms with Gasteiger partial charge in [0.05, 0.1) is 6.61 Å². The molecule has 1 rings (SSSR count). The van der Waals surface area contributed by atoms with Crippen LogP contribution in [0.2, 0.25) is 0 Å². The molecule has 1 unspecified atom stereocenters. The summed E-state index contributed by atoms with van der Waals surface area (Å²) in [5, 5.41) is 3.17. The van der Waals surface area contributed by atoms with E-state index >= 15 is 0 Å². The first-order chi connectivity index (χ1) is 8.19. The first-order valence-electron chi connectivity index (χ1n) is 5.68. The van der Waals surface area contributed by atoms with Crippen LogP contribution in [-0.4, -0.2) is 23.6 Å². The summed E-state index contributed by atoms with van der Waals surface area (Å²) in [4.78, 5) is 15.8. The smallest absolute Gasteiger partial charge is 0.341 e. The van der Waals surface area contributed by atoms with Crippen LogP contribution in [0, 0.1) is 0 Å². The maximum Gasteiger partial charge on any atom is 0.341 e. The fraction of sp³-hybridized carbons (Fsp3) is 0.385. The van der Waals surface area contributed by atoms with Crippen LogP contribution >= 0.6 is 0 Å². The zero-order chi connectivity index (χ0) is 12.7. The third-order valence-corrected chi connectivity index (χ3v) is 2.21. The van der Waals surface area contributed by atoms with Crippen molar-refractivity contribution in [2.45, 2.75) is 26.3 Å². The molecule has 0 spiro atoms. The fourth-order valence-electron chi connectivity index (χ4n) is 1.44. The van der Waals surface area contributed by atoms with E-state index in [0.717, 1.165) is 6.42 Å². The number of ether oxygens (including phenoxy) is 1. The molecule has 1 heterocycles. The van der Waals surface area contributed by atoms with Gasteiger partial charge in [0.2, 0.25) is 0 Å². The Morgan fingerprint density at radius 3 is 3.12 bits per heavy atom. The standard InChI is InChI=1S/C13H18N2O2/c1-4-7-10(3)15-12-11(8-6-9-14-12)13(16)17-5-2/h4,6,8-10H,1,5,7H2,2-3H3,(H,14,15). The maximum atomic E-state index is 11.7. The van der Waals surface area contributed by atoms with Gasteiger partial charge in [-0.2, -0.15) is 0 Å².